The molecule has 1 aliphatic rings. The summed E-state index contributed by atoms with van der Waals surface area (Å²) in [6.45, 7) is 2.49. The van der Waals surface area contributed by atoms with Gasteiger partial charge in [-0.3, -0.25) is 4.79 Å². The Hall–Kier alpha value is -1.78. The lowest BCUT2D eigenvalue weighted by atomic mass is 10.1. The number of carbonyl (C=O) groups is 1. The van der Waals surface area contributed by atoms with Gasteiger partial charge in [-0.05, 0) is 37.6 Å². The highest BCUT2D eigenvalue weighted by atomic mass is 32.2. The van der Waals surface area contributed by atoms with Crippen LogP contribution in [0.15, 0.2) is 52.3 Å². The van der Waals surface area contributed by atoms with Crippen LogP contribution in [0.5, 0.6) is 0 Å². The van der Waals surface area contributed by atoms with Gasteiger partial charge >= 0.3 is 0 Å². The van der Waals surface area contributed by atoms with Crippen molar-refractivity contribution in [2.24, 2.45) is 0 Å². The molecule has 2 aromatic rings. The summed E-state index contributed by atoms with van der Waals surface area (Å²) in [6.07, 6.45) is 0.697. The molecule has 1 N–H and O–H groups in total. The molecule has 0 radical (unpaired) electrons. The molecule has 0 bridgehead atoms. The number of aliphatic hydroxyl groups excluding tert-OH is 1. The van der Waals surface area contributed by atoms with Crippen LogP contribution in [0.2, 0.25) is 0 Å². The van der Waals surface area contributed by atoms with E-state index < -0.39 is 0 Å². The highest BCUT2D eigenvalue weighted by Crippen LogP contribution is 2.48. The van der Waals surface area contributed by atoms with Gasteiger partial charge in [0.05, 0.1) is 11.4 Å². The molecule has 4 heteroatoms. The second kappa shape index (κ2) is 5.92. The molecule has 1 heterocycles. The first-order valence-electron chi connectivity index (χ1n) is 7.01. The fraction of sp³-hybridized carbons (Fsp3) is 0.235. The number of aliphatic hydroxyl groups is 1. The minimum absolute atomic E-state index is 0.0729. The molecular weight excluding hydrogens is 282 g/mol. The normalized spacial score (nSPS) is 12.8. The molecule has 0 unspecified atom stereocenters. The Kier molecular flexibility index (Phi) is 3.99. The third-order valence-electron chi connectivity index (χ3n) is 3.57. The molecule has 3 nitrogen and oxygen atoms in total. The topological polar surface area (TPSA) is 40.5 Å². The molecular formula is C17H17NO2S. The standard InChI is InChI=1S/C17H17NO2S/c1-12(20)13-7-8-17-15(11-13)18(9-4-10-19)14-5-2-3-6-16(14)21-17/h2-3,5-8,11,19H,4,9-10H2,1H3. The molecule has 0 fully saturated rings. The molecule has 0 spiro atoms. The molecule has 0 atom stereocenters. The molecule has 0 saturated heterocycles. The number of anilines is 2. The summed E-state index contributed by atoms with van der Waals surface area (Å²) >= 11 is 1.72. The van der Waals surface area contributed by atoms with Gasteiger partial charge in [0.25, 0.3) is 0 Å². The van der Waals surface area contributed by atoms with Crippen LogP contribution < -0.4 is 4.90 Å². The highest BCUT2D eigenvalue weighted by molar-refractivity contribution is 7.99. The maximum atomic E-state index is 11.6. The van der Waals surface area contributed by atoms with Gasteiger partial charge in [0.2, 0.25) is 0 Å². The molecule has 0 aliphatic carbocycles. The zero-order valence-corrected chi connectivity index (χ0v) is 12.7. The second-order valence-electron chi connectivity index (χ2n) is 5.04. The van der Waals surface area contributed by atoms with E-state index in [1.54, 1.807) is 18.7 Å². The Morgan fingerprint density at radius 1 is 1.14 bits per heavy atom. The molecule has 108 valence electrons. The van der Waals surface area contributed by atoms with Gasteiger partial charge in [-0.2, -0.15) is 0 Å². The molecule has 1 aliphatic heterocycles. The molecule has 0 amide bonds. The SMILES string of the molecule is CC(=O)c1ccc2c(c1)N(CCCO)c1ccccc1S2. The van der Waals surface area contributed by atoms with Gasteiger partial charge in [-0.1, -0.05) is 30.0 Å². The Bertz CT molecular complexity index is 684. The van der Waals surface area contributed by atoms with Crippen molar-refractivity contribution in [3.8, 4) is 0 Å². The maximum Gasteiger partial charge on any atom is 0.159 e. The lowest BCUT2D eigenvalue weighted by Gasteiger charge is -2.33. The van der Waals surface area contributed by atoms with Crippen LogP contribution in [0.3, 0.4) is 0 Å². The Labute approximate surface area is 128 Å². The Balaban J connectivity index is 2.09. The van der Waals surface area contributed by atoms with Crippen LogP contribution in [0.1, 0.15) is 23.7 Å². The fourth-order valence-electron chi connectivity index (χ4n) is 2.52. The minimum atomic E-state index is 0.0729. The van der Waals surface area contributed by atoms with Crippen molar-refractivity contribution in [3.05, 3.63) is 48.0 Å². The molecule has 2 aromatic carbocycles. The quantitative estimate of drug-likeness (QED) is 0.870. The number of ketones is 1. The second-order valence-corrected chi connectivity index (χ2v) is 6.12. The largest absolute Gasteiger partial charge is 0.396 e. The number of Topliss-reactive ketones (excluding diaryl/α,β-unsaturated/α-hetero) is 1. The first-order valence-corrected chi connectivity index (χ1v) is 7.82. The fourth-order valence-corrected chi connectivity index (χ4v) is 3.59. The minimum Gasteiger partial charge on any atom is -0.396 e. The Morgan fingerprint density at radius 2 is 1.90 bits per heavy atom. The predicted octanol–water partition coefficient (Wildman–Crippen LogP) is 3.87. The zero-order valence-electron chi connectivity index (χ0n) is 11.9. The first-order chi connectivity index (χ1) is 10.2. The van der Waals surface area contributed by atoms with Gasteiger partial charge in [0.15, 0.2) is 5.78 Å². The van der Waals surface area contributed by atoms with E-state index in [1.807, 2.05) is 30.3 Å². The number of carbonyl (C=O) groups excluding carboxylic acids is 1. The lowest BCUT2D eigenvalue weighted by molar-refractivity contribution is 0.101. The third kappa shape index (κ3) is 2.69. The molecule has 0 aromatic heterocycles. The van der Waals surface area contributed by atoms with E-state index in [2.05, 4.69) is 17.0 Å². The number of hydrogen-bond donors (Lipinski definition) is 1. The number of nitrogens with zero attached hydrogens (tertiary/aromatic N) is 1. The van der Waals surface area contributed by atoms with Crippen LogP contribution in [0, 0.1) is 0 Å². The van der Waals surface area contributed by atoms with E-state index in [-0.39, 0.29) is 12.4 Å². The number of para-hydroxylation sites is 1. The van der Waals surface area contributed by atoms with Gasteiger partial charge in [0.1, 0.15) is 0 Å². The molecule has 21 heavy (non-hydrogen) atoms. The summed E-state index contributed by atoms with van der Waals surface area (Å²) < 4.78 is 0. The van der Waals surface area contributed by atoms with Crippen molar-refractivity contribution >= 4 is 28.9 Å². The van der Waals surface area contributed by atoms with E-state index in [4.69, 9.17) is 5.11 Å². The van der Waals surface area contributed by atoms with Crippen LogP contribution in [0.25, 0.3) is 0 Å². The smallest absolute Gasteiger partial charge is 0.159 e. The average Bonchev–Trinajstić information content (AvgIpc) is 2.50. The van der Waals surface area contributed by atoms with Gasteiger partial charge < -0.3 is 10.0 Å². The van der Waals surface area contributed by atoms with E-state index in [0.29, 0.717) is 6.42 Å². The summed E-state index contributed by atoms with van der Waals surface area (Å²) in [5.74, 6) is 0.0729. The summed E-state index contributed by atoms with van der Waals surface area (Å²) in [7, 11) is 0. The predicted molar refractivity (Wildman–Crippen MR) is 85.7 cm³/mol. The third-order valence-corrected chi connectivity index (χ3v) is 4.70. The van der Waals surface area contributed by atoms with Crippen molar-refractivity contribution in [2.45, 2.75) is 23.1 Å². The van der Waals surface area contributed by atoms with E-state index in [1.165, 1.54) is 4.90 Å². The van der Waals surface area contributed by atoms with Crippen molar-refractivity contribution < 1.29 is 9.90 Å². The first kappa shape index (κ1) is 14.2. The van der Waals surface area contributed by atoms with Crippen molar-refractivity contribution in [2.75, 3.05) is 18.1 Å². The van der Waals surface area contributed by atoms with Crippen LogP contribution >= 0.6 is 11.8 Å². The number of hydrogen-bond acceptors (Lipinski definition) is 4. The van der Waals surface area contributed by atoms with E-state index in [9.17, 15) is 4.79 Å². The summed E-state index contributed by atoms with van der Waals surface area (Å²) in [5, 5.41) is 9.15. The van der Waals surface area contributed by atoms with Crippen molar-refractivity contribution in [1.82, 2.24) is 0 Å². The number of fused-ring (bicyclic) bond motifs is 2. The van der Waals surface area contributed by atoms with Crippen LogP contribution in [-0.4, -0.2) is 24.0 Å². The van der Waals surface area contributed by atoms with Gasteiger partial charge in [0, 0.05) is 28.5 Å². The van der Waals surface area contributed by atoms with E-state index in [0.717, 1.165) is 28.4 Å². The van der Waals surface area contributed by atoms with E-state index >= 15 is 0 Å². The van der Waals surface area contributed by atoms with Crippen LogP contribution in [0.4, 0.5) is 11.4 Å². The highest BCUT2D eigenvalue weighted by Gasteiger charge is 2.23. The van der Waals surface area contributed by atoms with Crippen LogP contribution in [-0.2, 0) is 0 Å². The van der Waals surface area contributed by atoms with Crippen molar-refractivity contribution in [1.29, 1.82) is 0 Å². The zero-order chi connectivity index (χ0) is 14.8. The monoisotopic (exact) mass is 299 g/mol. The maximum absolute atomic E-state index is 11.6. The number of benzene rings is 2. The average molecular weight is 299 g/mol. The van der Waals surface area contributed by atoms with Crippen molar-refractivity contribution in [3.63, 3.8) is 0 Å². The number of rotatable bonds is 4. The molecule has 0 saturated carbocycles. The Morgan fingerprint density at radius 3 is 2.67 bits per heavy atom. The summed E-state index contributed by atoms with van der Waals surface area (Å²) in [5.41, 5.74) is 2.92. The summed E-state index contributed by atoms with van der Waals surface area (Å²) in [6, 6.07) is 14.1. The molecule has 3 rings (SSSR count). The summed E-state index contributed by atoms with van der Waals surface area (Å²) in [4.78, 5) is 16.2. The van der Waals surface area contributed by atoms with Gasteiger partial charge in [-0.15, -0.1) is 0 Å². The lowest BCUT2D eigenvalue weighted by Crippen LogP contribution is -2.23. The van der Waals surface area contributed by atoms with Gasteiger partial charge in [-0.25, -0.2) is 0 Å².